The number of hydrogen-bond donors (Lipinski definition) is 1. The third-order valence-corrected chi connectivity index (χ3v) is 5.27. The van der Waals surface area contributed by atoms with E-state index in [0.29, 0.717) is 0 Å². The van der Waals surface area contributed by atoms with Crippen molar-refractivity contribution < 1.29 is 9.28 Å². The molecule has 1 aliphatic heterocycles. The number of nitrogens with zero attached hydrogens (tertiary/aromatic N) is 1. The van der Waals surface area contributed by atoms with Crippen molar-refractivity contribution in [2.45, 2.75) is 53.0 Å². The largest absolute Gasteiger partial charge is 0.320 e. The van der Waals surface area contributed by atoms with Crippen LogP contribution in [0.15, 0.2) is 18.2 Å². The van der Waals surface area contributed by atoms with Crippen LogP contribution < -0.4 is 5.32 Å². The molecule has 1 saturated heterocycles. The fourth-order valence-electron chi connectivity index (χ4n) is 3.61. The number of quaternary nitrogens is 1. The van der Waals surface area contributed by atoms with E-state index >= 15 is 0 Å². The zero-order chi connectivity index (χ0) is 15.5. The smallest absolute Gasteiger partial charge is 0.282 e. The molecule has 0 bridgehead atoms. The Kier molecular flexibility index (Phi) is 5.04. The number of likely N-dealkylation sites (tertiary alicyclic amines) is 1. The van der Waals surface area contributed by atoms with Gasteiger partial charge in [0.2, 0.25) is 0 Å². The van der Waals surface area contributed by atoms with Crippen molar-refractivity contribution >= 4 is 11.6 Å². The lowest BCUT2D eigenvalue weighted by atomic mass is 10.0. The summed E-state index contributed by atoms with van der Waals surface area (Å²) in [6.45, 7) is 11.7. The summed E-state index contributed by atoms with van der Waals surface area (Å²) in [6, 6.07) is 6.17. The summed E-state index contributed by atoms with van der Waals surface area (Å²) in [5.41, 5.74) is 3.26. The first-order chi connectivity index (χ1) is 10.00. The fourth-order valence-corrected chi connectivity index (χ4v) is 3.61. The lowest BCUT2D eigenvalue weighted by molar-refractivity contribution is -0.943. The highest BCUT2D eigenvalue weighted by Gasteiger charge is 2.38. The first-order valence-electron chi connectivity index (χ1n) is 8.23. The number of hydrogen-bond acceptors (Lipinski definition) is 1. The van der Waals surface area contributed by atoms with Crippen LogP contribution in [0.25, 0.3) is 0 Å². The average molecular weight is 289 g/mol. The fraction of sp³-hybridized carbons (Fsp3) is 0.611. The number of nitrogens with one attached hydrogen (secondary N) is 1. The third kappa shape index (κ3) is 3.29. The van der Waals surface area contributed by atoms with Crippen molar-refractivity contribution in [3.63, 3.8) is 0 Å². The van der Waals surface area contributed by atoms with Gasteiger partial charge in [0.1, 0.15) is 0 Å². The average Bonchev–Trinajstić information content (AvgIpc) is 2.50. The molecular formula is C18H29N2O+. The number of benzene rings is 1. The second-order valence-corrected chi connectivity index (χ2v) is 6.47. The van der Waals surface area contributed by atoms with Gasteiger partial charge in [0, 0.05) is 5.69 Å². The molecule has 0 saturated carbocycles. The zero-order valence-corrected chi connectivity index (χ0v) is 13.9. The topological polar surface area (TPSA) is 29.1 Å². The van der Waals surface area contributed by atoms with Crippen LogP contribution in [0.2, 0.25) is 0 Å². The van der Waals surface area contributed by atoms with E-state index in [-0.39, 0.29) is 11.9 Å². The summed E-state index contributed by atoms with van der Waals surface area (Å²) in [7, 11) is 0. The molecule has 1 N–H and O–H groups in total. The SMILES string of the molecule is CC[N+]1(C(C)C(=O)Nc2c(C)cccc2C)CCCCC1. The monoisotopic (exact) mass is 289 g/mol. The Hall–Kier alpha value is -1.35. The Balaban J connectivity index is 2.15. The van der Waals surface area contributed by atoms with Crippen LogP contribution in [0.1, 0.15) is 44.2 Å². The summed E-state index contributed by atoms with van der Waals surface area (Å²) in [5.74, 6) is 0.163. The van der Waals surface area contributed by atoms with Gasteiger partial charge >= 0.3 is 0 Å². The Morgan fingerprint density at radius 2 is 1.76 bits per heavy atom. The zero-order valence-electron chi connectivity index (χ0n) is 13.9. The van der Waals surface area contributed by atoms with Gasteiger partial charge in [-0.1, -0.05) is 18.2 Å². The van der Waals surface area contributed by atoms with Gasteiger partial charge in [-0.25, -0.2) is 0 Å². The van der Waals surface area contributed by atoms with E-state index in [9.17, 15) is 4.79 Å². The molecule has 1 fully saturated rings. The van der Waals surface area contributed by atoms with E-state index < -0.39 is 0 Å². The van der Waals surface area contributed by atoms with Crippen molar-refractivity contribution in [1.29, 1.82) is 0 Å². The van der Waals surface area contributed by atoms with Gasteiger partial charge in [0.05, 0.1) is 19.6 Å². The molecule has 1 aromatic rings. The van der Waals surface area contributed by atoms with Crippen LogP contribution in [-0.4, -0.2) is 36.1 Å². The lowest BCUT2D eigenvalue weighted by Gasteiger charge is -2.44. The summed E-state index contributed by atoms with van der Waals surface area (Å²) in [4.78, 5) is 12.8. The number of likely N-dealkylation sites (N-methyl/N-ethyl adjacent to an activating group) is 1. The maximum atomic E-state index is 12.8. The predicted octanol–water partition coefficient (Wildman–Crippen LogP) is 3.65. The van der Waals surface area contributed by atoms with E-state index in [2.05, 4.69) is 45.1 Å². The second kappa shape index (κ2) is 6.61. The number of carbonyl (C=O) groups excluding carboxylic acids is 1. The normalized spacial score (nSPS) is 19.0. The Bertz CT molecular complexity index is 484. The second-order valence-electron chi connectivity index (χ2n) is 6.47. The van der Waals surface area contributed by atoms with E-state index in [1.54, 1.807) is 0 Å². The Labute approximate surface area is 128 Å². The predicted molar refractivity (Wildman–Crippen MR) is 88.4 cm³/mol. The number of rotatable bonds is 4. The highest BCUT2D eigenvalue weighted by atomic mass is 16.2. The standard InChI is InChI=1S/C18H28N2O/c1-5-20(12-7-6-8-13-20)16(4)18(21)19-17-14(2)10-9-11-15(17)3/h9-11,16H,5-8,12-13H2,1-4H3/p+1. The number of anilines is 1. The van der Waals surface area contributed by atoms with Gasteiger partial charge in [-0.05, 0) is 58.1 Å². The molecule has 0 spiro atoms. The first kappa shape index (κ1) is 16.0. The van der Waals surface area contributed by atoms with E-state index in [1.165, 1.54) is 19.3 Å². The Morgan fingerprint density at radius 3 is 2.29 bits per heavy atom. The molecule has 116 valence electrons. The van der Waals surface area contributed by atoms with Gasteiger partial charge in [0.15, 0.2) is 6.04 Å². The number of amides is 1. The van der Waals surface area contributed by atoms with Crippen molar-refractivity contribution in [2.24, 2.45) is 0 Å². The molecule has 3 heteroatoms. The summed E-state index contributed by atoms with van der Waals surface area (Å²) in [6.07, 6.45) is 3.80. The summed E-state index contributed by atoms with van der Waals surface area (Å²) >= 11 is 0. The minimum atomic E-state index is 0.0225. The minimum Gasteiger partial charge on any atom is -0.320 e. The van der Waals surface area contributed by atoms with Crippen LogP contribution >= 0.6 is 0 Å². The molecule has 1 aliphatic rings. The van der Waals surface area contributed by atoms with Gasteiger partial charge in [-0.3, -0.25) is 4.79 Å². The van der Waals surface area contributed by atoms with Crippen LogP contribution in [-0.2, 0) is 4.79 Å². The number of carbonyl (C=O) groups is 1. The number of aryl methyl sites for hydroxylation is 2. The van der Waals surface area contributed by atoms with E-state index in [1.807, 2.05) is 6.07 Å². The molecule has 1 heterocycles. The van der Waals surface area contributed by atoms with Crippen LogP contribution in [0, 0.1) is 13.8 Å². The maximum Gasteiger partial charge on any atom is 0.282 e. The van der Waals surface area contributed by atoms with Crippen LogP contribution in [0.5, 0.6) is 0 Å². The molecule has 1 amide bonds. The van der Waals surface area contributed by atoms with E-state index in [4.69, 9.17) is 0 Å². The minimum absolute atomic E-state index is 0.0225. The van der Waals surface area contributed by atoms with Crippen molar-refractivity contribution in [3.8, 4) is 0 Å². The number of piperidine rings is 1. The molecule has 1 atom stereocenters. The number of para-hydroxylation sites is 1. The van der Waals surface area contributed by atoms with Crippen LogP contribution in [0.4, 0.5) is 5.69 Å². The van der Waals surface area contributed by atoms with Crippen LogP contribution in [0.3, 0.4) is 0 Å². The molecule has 1 unspecified atom stereocenters. The maximum absolute atomic E-state index is 12.8. The van der Waals surface area contributed by atoms with Gasteiger partial charge in [0.25, 0.3) is 5.91 Å². The van der Waals surface area contributed by atoms with Gasteiger partial charge in [-0.15, -0.1) is 0 Å². The van der Waals surface area contributed by atoms with Gasteiger partial charge < -0.3 is 9.80 Å². The molecule has 1 aromatic carbocycles. The summed E-state index contributed by atoms with van der Waals surface area (Å²) < 4.78 is 0.941. The molecule has 3 nitrogen and oxygen atoms in total. The van der Waals surface area contributed by atoms with Crippen molar-refractivity contribution in [3.05, 3.63) is 29.3 Å². The van der Waals surface area contributed by atoms with Crippen molar-refractivity contribution in [2.75, 3.05) is 25.0 Å². The third-order valence-electron chi connectivity index (χ3n) is 5.27. The lowest BCUT2D eigenvalue weighted by Crippen LogP contribution is -2.60. The molecule has 0 radical (unpaired) electrons. The first-order valence-corrected chi connectivity index (χ1v) is 8.23. The molecule has 0 aliphatic carbocycles. The highest BCUT2D eigenvalue weighted by Crippen LogP contribution is 2.25. The summed E-state index contributed by atoms with van der Waals surface area (Å²) in [5, 5.41) is 3.18. The Morgan fingerprint density at radius 1 is 1.19 bits per heavy atom. The van der Waals surface area contributed by atoms with Crippen molar-refractivity contribution in [1.82, 2.24) is 0 Å². The molecular weight excluding hydrogens is 260 g/mol. The van der Waals surface area contributed by atoms with Gasteiger partial charge in [-0.2, -0.15) is 0 Å². The molecule has 21 heavy (non-hydrogen) atoms. The highest BCUT2D eigenvalue weighted by molar-refractivity contribution is 5.95. The van der Waals surface area contributed by atoms with E-state index in [0.717, 1.165) is 40.9 Å². The molecule has 0 aromatic heterocycles. The molecule has 2 rings (SSSR count). The quantitative estimate of drug-likeness (QED) is 0.842.